The zero-order valence-corrected chi connectivity index (χ0v) is 40.8. The molecule has 0 atom stereocenters. The molecule has 3 heterocycles. The lowest BCUT2D eigenvalue weighted by molar-refractivity contribution is 0.750. The highest BCUT2D eigenvalue weighted by molar-refractivity contribution is 6.10. The molecule has 1 aliphatic carbocycles. The summed E-state index contributed by atoms with van der Waals surface area (Å²) in [6.07, 6.45) is 0. The minimum absolute atomic E-state index is 0.623. The predicted molar refractivity (Wildman–Crippen MR) is 309 cm³/mol. The number of anilines is 3. The summed E-state index contributed by atoms with van der Waals surface area (Å²) in [5.41, 5.74) is 23.4. The Morgan fingerprint density at radius 3 is 1.41 bits per heavy atom. The molecule has 2 aliphatic rings. The highest BCUT2D eigenvalue weighted by Gasteiger charge is 2.52. The molecule has 0 bridgehead atoms. The number of rotatable bonds is 7. The standard InChI is InChI=1S/C71H46N4/c1-4-19-47(20-5-1)52-25-18-26-55(43-52)74-66-32-15-11-28-58(66)59-44-53(40-42-67(59)74)48-35-37-49(38-36-48)54-39-41-57-56-27-10-12-29-60(56)71(63(57)45-54)61-30-13-16-33-68(61)75(69-34-17-14-31-62(69)71)70-72-64(50-21-6-2-7-22-50)46-65(73-70)51-23-8-3-9-24-51/h1-46H. The highest BCUT2D eigenvalue weighted by Crippen LogP contribution is 2.63. The Morgan fingerprint density at radius 1 is 0.280 bits per heavy atom. The van der Waals surface area contributed by atoms with Crippen LogP contribution in [0.15, 0.2) is 279 Å². The second-order valence-corrected chi connectivity index (χ2v) is 19.7. The molecule has 0 fully saturated rings. The molecule has 13 aromatic rings. The maximum atomic E-state index is 5.40. The second kappa shape index (κ2) is 17.1. The fraction of sp³-hybridized carbons (Fsp3) is 0.0141. The van der Waals surface area contributed by atoms with E-state index in [0.29, 0.717) is 5.95 Å². The molecular weight excluding hydrogens is 909 g/mol. The monoisotopic (exact) mass is 954 g/mol. The van der Waals surface area contributed by atoms with Crippen LogP contribution < -0.4 is 4.90 Å². The Morgan fingerprint density at radius 2 is 0.747 bits per heavy atom. The van der Waals surface area contributed by atoms with E-state index in [1.165, 1.54) is 88.6 Å². The fourth-order valence-electron chi connectivity index (χ4n) is 12.3. The van der Waals surface area contributed by atoms with Gasteiger partial charge in [0.2, 0.25) is 5.95 Å². The van der Waals surface area contributed by atoms with E-state index in [1.54, 1.807) is 0 Å². The van der Waals surface area contributed by atoms with Gasteiger partial charge >= 0.3 is 0 Å². The Kier molecular flexibility index (Phi) is 9.76. The van der Waals surface area contributed by atoms with E-state index in [2.05, 4.69) is 276 Å². The van der Waals surface area contributed by atoms with Gasteiger partial charge in [0.1, 0.15) is 0 Å². The summed E-state index contributed by atoms with van der Waals surface area (Å²) in [5.74, 6) is 0.629. The average molecular weight is 955 g/mol. The van der Waals surface area contributed by atoms with Crippen LogP contribution in [0, 0.1) is 0 Å². The van der Waals surface area contributed by atoms with E-state index in [0.717, 1.165) is 39.6 Å². The third kappa shape index (κ3) is 6.70. The van der Waals surface area contributed by atoms with Gasteiger partial charge in [0.05, 0.1) is 39.2 Å². The summed E-state index contributed by atoms with van der Waals surface area (Å²) in [5, 5.41) is 2.47. The molecule has 0 amide bonds. The van der Waals surface area contributed by atoms with Crippen molar-refractivity contribution in [1.29, 1.82) is 0 Å². The van der Waals surface area contributed by atoms with Gasteiger partial charge in [0, 0.05) is 27.6 Å². The van der Waals surface area contributed by atoms with Gasteiger partial charge in [-0.15, -0.1) is 0 Å². The van der Waals surface area contributed by atoms with Crippen molar-refractivity contribution in [2.24, 2.45) is 0 Å². The Bertz CT molecular complexity index is 4240. The van der Waals surface area contributed by atoms with Crippen molar-refractivity contribution < 1.29 is 0 Å². The summed E-state index contributed by atoms with van der Waals surface area (Å²) < 4.78 is 2.41. The smallest absolute Gasteiger partial charge is 0.235 e. The van der Waals surface area contributed by atoms with E-state index in [-0.39, 0.29) is 0 Å². The lowest BCUT2D eigenvalue weighted by atomic mass is 9.64. The Balaban J connectivity index is 0.845. The van der Waals surface area contributed by atoms with Crippen molar-refractivity contribution in [2.75, 3.05) is 4.90 Å². The molecule has 1 spiro atoms. The molecule has 75 heavy (non-hydrogen) atoms. The van der Waals surface area contributed by atoms with Crippen LogP contribution in [0.5, 0.6) is 0 Å². The SMILES string of the molecule is c1ccc(-c2cccc(-n3c4ccccc4c4cc(-c5ccc(-c6ccc7c(c6)C6(c8ccccc8-7)c7ccccc7N(c7nc(-c8ccccc8)cc(-c8ccccc8)n7)c7ccccc76)cc5)ccc43)c2)cc1. The van der Waals surface area contributed by atoms with Crippen molar-refractivity contribution >= 4 is 39.1 Å². The lowest BCUT2D eigenvalue weighted by Crippen LogP contribution is -2.36. The van der Waals surface area contributed by atoms with Crippen LogP contribution in [0.25, 0.3) is 94.5 Å². The Hall–Kier alpha value is -9.90. The van der Waals surface area contributed by atoms with Gasteiger partial charge in [0.25, 0.3) is 0 Å². The van der Waals surface area contributed by atoms with Crippen LogP contribution in [0.1, 0.15) is 22.3 Å². The molecule has 1 aliphatic heterocycles. The molecule has 0 saturated carbocycles. The minimum Gasteiger partial charge on any atom is -0.309 e. The molecule has 11 aromatic carbocycles. The van der Waals surface area contributed by atoms with Crippen LogP contribution in [0.3, 0.4) is 0 Å². The summed E-state index contributed by atoms with van der Waals surface area (Å²) >= 11 is 0. The van der Waals surface area contributed by atoms with Crippen molar-refractivity contribution in [3.05, 3.63) is 301 Å². The first kappa shape index (κ1) is 42.8. The fourth-order valence-corrected chi connectivity index (χ4v) is 12.3. The van der Waals surface area contributed by atoms with Gasteiger partial charge in [-0.2, -0.15) is 0 Å². The molecule has 350 valence electrons. The average Bonchev–Trinajstić information content (AvgIpc) is 3.99. The molecule has 0 N–H and O–H groups in total. The van der Waals surface area contributed by atoms with Crippen molar-refractivity contribution in [2.45, 2.75) is 5.41 Å². The molecule has 4 heteroatoms. The Labute approximate surface area is 435 Å². The summed E-state index contributed by atoms with van der Waals surface area (Å²) in [6, 6.07) is 101. The number of fused-ring (bicyclic) bond motifs is 12. The second-order valence-electron chi connectivity index (χ2n) is 19.7. The van der Waals surface area contributed by atoms with Gasteiger partial charge in [-0.3, -0.25) is 4.90 Å². The molecule has 4 nitrogen and oxygen atoms in total. The first-order valence-corrected chi connectivity index (χ1v) is 25.7. The maximum absolute atomic E-state index is 5.40. The molecule has 2 aromatic heterocycles. The summed E-state index contributed by atoms with van der Waals surface area (Å²) in [7, 11) is 0. The third-order valence-corrected chi connectivity index (χ3v) is 15.6. The summed E-state index contributed by atoms with van der Waals surface area (Å²) in [4.78, 5) is 13.1. The van der Waals surface area contributed by atoms with Gasteiger partial charge in [0.15, 0.2) is 0 Å². The number of benzene rings is 11. The van der Waals surface area contributed by atoms with E-state index < -0.39 is 5.41 Å². The van der Waals surface area contributed by atoms with E-state index in [4.69, 9.17) is 9.97 Å². The molecule has 0 saturated heterocycles. The van der Waals surface area contributed by atoms with Crippen LogP contribution in [0.4, 0.5) is 17.3 Å². The third-order valence-electron chi connectivity index (χ3n) is 15.6. The number of hydrogen-bond acceptors (Lipinski definition) is 3. The van der Waals surface area contributed by atoms with Crippen molar-refractivity contribution in [3.63, 3.8) is 0 Å². The normalized spacial score (nSPS) is 12.9. The number of nitrogens with zero attached hydrogens (tertiary/aromatic N) is 4. The predicted octanol–water partition coefficient (Wildman–Crippen LogP) is 18.1. The van der Waals surface area contributed by atoms with Crippen LogP contribution >= 0.6 is 0 Å². The van der Waals surface area contributed by atoms with Gasteiger partial charge in [-0.05, 0) is 121 Å². The summed E-state index contributed by atoms with van der Waals surface area (Å²) in [6.45, 7) is 0. The van der Waals surface area contributed by atoms with E-state index >= 15 is 0 Å². The van der Waals surface area contributed by atoms with Crippen LogP contribution in [-0.2, 0) is 5.41 Å². The van der Waals surface area contributed by atoms with Gasteiger partial charge in [-0.25, -0.2) is 9.97 Å². The molecular formula is C71H46N4. The van der Waals surface area contributed by atoms with Crippen LogP contribution in [0.2, 0.25) is 0 Å². The quantitative estimate of drug-likeness (QED) is 0.160. The van der Waals surface area contributed by atoms with Crippen molar-refractivity contribution in [3.8, 4) is 72.7 Å². The highest BCUT2D eigenvalue weighted by atomic mass is 15.3. The largest absolute Gasteiger partial charge is 0.309 e. The number of hydrogen-bond donors (Lipinski definition) is 0. The van der Waals surface area contributed by atoms with E-state index in [1.807, 2.05) is 12.1 Å². The first-order valence-electron chi connectivity index (χ1n) is 25.7. The molecule has 0 unspecified atom stereocenters. The topological polar surface area (TPSA) is 34.0 Å². The van der Waals surface area contributed by atoms with Crippen LogP contribution in [-0.4, -0.2) is 14.5 Å². The maximum Gasteiger partial charge on any atom is 0.235 e. The van der Waals surface area contributed by atoms with Crippen molar-refractivity contribution in [1.82, 2.24) is 14.5 Å². The van der Waals surface area contributed by atoms with E-state index in [9.17, 15) is 0 Å². The minimum atomic E-state index is -0.623. The zero-order valence-electron chi connectivity index (χ0n) is 40.8. The molecule has 15 rings (SSSR count). The van der Waals surface area contributed by atoms with Gasteiger partial charge < -0.3 is 4.57 Å². The number of aromatic nitrogens is 3. The molecule has 0 radical (unpaired) electrons. The van der Waals surface area contributed by atoms with Gasteiger partial charge in [-0.1, -0.05) is 224 Å². The first-order chi connectivity index (χ1) is 37.2. The zero-order chi connectivity index (χ0) is 49.5. The lowest BCUT2D eigenvalue weighted by Gasteiger charge is -2.44. The number of para-hydroxylation sites is 3.